The van der Waals surface area contributed by atoms with Crippen LogP contribution in [0.5, 0.6) is 0 Å². The van der Waals surface area contributed by atoms with Crippen molar-refractivity contribution in [1.29, 1.82) is 0 Å². The van der Waals surface area contributed by atoms with E-state index in [-0.39, 0.29) is 12.1 Å². The van der Waals surface area contributed by atoms with Crippen LogP contribution >= 0.6 is 0 Å². The number of likely N-dealkylation sites (N-methyl/N-ethyl adjacent to an activating group) is 1. The second kappa shape index (κ2) is 6.87. The Hall–Kier alpha value is -0.650. The first-order valence-corrected chi connectivity index (χ1v) is 7.83. The average Bonchev–Trinajstić information content (AvgIpc) is 2.77. The van der Waals surface area contributed by atoms with Gasteiger partial charge in [0.05, 0.1) is 12.7 Å². The first-order valence-electron chi connectivity index (χ1n) is 7.83. The third-order valence-electron chi connectivity index (χ3n) is 4.63. The number of nitrogens with zero attached hydrogens (tertiary/aromatic N) is 1. The summed E-state index contributed by atoms with van der Waals surface area (Å²) >= 11 is 0. The van der Waals surface area contributed by atoms with E-state index in [4.69, 9.17) is 9.47 Å². The number of carbonyl (C=O) groups is 1. The Morgan fingerprint density at radius 3 is 3.05 bits per heavy atom. The van der Waals surface area contributed by atoms with E-state index in [1.807, 2.05) is 14.0 Å². The van der Waals surface area contributed by atoms with Crippen molar-refractivity contribution in [3.63, 3.8) is 0 Å². The summed E-state index contributed by atoms with van der Waals surface area (Å²) in [6.07, 6.45) is 4.11. The molecule has 0 radical (unpaired) electrons. The van der Waals surface area contributed by atoms with Gasteiger partial charge < -0.3 is 14.8 Å². The van der Waals surface area contributed by atoms with E-state index in [2.05, 4.69) is 17.1 Å². The van der Waals surface area contributed by atoms with E-state index >= 15 is 0 Å². The quantitative estimate of drug-likeness (QED) is 0.785. The zero-order valence-corrected chi connectivity index (χ0v) is 13.0. The largest absolute Gasteiger partial charge is 0.465 e. The number of ether oxygens (including phenoxy) is 2. The number of esters is 1. The molecule has 2 aliphatic rings. The molecule has 5 heteroatoms. The van der Waals surface area contributed by atoms with Gasteiger partial charge in [-0.2, -0.15) is 0 Å². The number of carbonyl (C=O) groups excluding carboxylic acids is 1. The fraction of sp³-hybridized carbons (Fsp3) is 0.933. The molecule has 1 aliphatic heterocycles. The lowest BCUT2D eigenvalue weighted by Crippen LogP contribution is -2.51. The van der Waals surface area contributed by atoms with Crippen molar-refractivity contribution in [2.24, 2.45) is 0 Å². The summed E-state index contributed by atoms with van der Waals surface area (Å²) in [5, 5.41) is 3.23. The second-order valence-electron chi connectivity index (χ2n) is 5.98. The Bertz CT molecular complexity index is 337. The molecule has 1 saturated carbocycles. The standard InChI is InChI=1S/C15H28N2O3/c1-4-19-14(18)15(16-3)7-6-13(10-15)17-8-5-9-20-12(2)11-17/h12-13,16H,4-11H2,1-3H3. The van der Waals surface area contributed by atoms with Crippen molar-refractivity contribution >= 4 is 5.97 Å². The van der Waals surface area contributed by atoms with Crippen molar-refractivity contribution in [2.75, 3.05) is 33.4 Å². The third kappa shape index (κ3) is 3.32. The van der Waals surface area contributed by atoms with Gasteiger partial charge in [0, 0.05) is 25.7 Å². The molecule has 116 valence electrons. The fourth-order valence-electron chi connectivity index (χ4n) is 3.47. The molecular weight excluding hydrogens is 256 g/mol. The van der Waals surface area contributed by atoms with Crippen LogP contribution in [0.2, 0.25) is 0 Å². The summed E-state index contributed by atoms with van der Waals surface area (Å²) in [4.78, 5) is 14.7. The molecule has 20 heavy (non-hydrogen) atoms. The highest BCUT2D eigenvalue weighted by Crippen LogP contribution is 2.34. The molecule has 0 amide bonds. The van der Waals surface area contributed by atoms with Crippen molar-refractivity contribution in [2.45, 2.75) is 57.2 Å². The molecule has 1 N–H and O–H groups in total. The van der Waals surface area contributed by atoms with E-state index in [1.165, 1.54) is 0 Å². The van der Waals surface area contributed by atoms with Crippen LogP contribution in [0.25, 0.3) is 0 Å². The lowest BCUT2D eigenvalue weighted by Gasteiger charge is -2.31. The van der Waals surface area contributed by atoms with Crippen LogP contribution in [0, 0.1) is 0 Å². The molecule has 2 fully saturated rings. The van der Waals surface area contributed by atoms with Gasteiger partial charge in [-0.05, 0) is 46.6 Å². The van der Waals surface area contributed by atoms with Crippen LogP contribution in [-0.4, -0.2) is 61.9 Å². The first-order chi connectivity index (χ1) is 9.61. The molecule has 0 aromatic carbocycles. The Labute approximate surface area is 122 Å². The van der Waals surface area contributed by atoms with Gasteiger partial charge >= 0.3 is 5.97 Å². The van der Waals surface area contributed by atoms with Gasteiger partial charge in [-0.1, -0.05) is 0 Å². The minimum Gasteiger partial charge on any atom is -0.465 e. The minimum atomic E-state index is -0.489. The van der Waals surface area contributed by atoms with E-state index in [9.17, 15) is 4.79 Å². The SMILES string of the molecule is CCOC(=O)C1(NC)CCC(N2CCCOC(C)C2)C1. The molecule has 0 bridgehead atoms. The molecule has 5 nitrogen and oxygen atoms in total. The smallest absolute Gasteiger partial charge is 0.326 e. The normalized spacial score (nSPS) is 35.8. The number of hydrogen-bond donors (Lipinski definition) is 1. The lowest BCUT2D eigenvalue weighted by atomic mass is 9.97. The Morgan fingerprint density at radius 2 is 2.35 bits per heavy atom. The summed E-state index contributed by atoms with van der Waals surface area (Å²) < 4.78 is 11.0. The van der Waals surface area contributed by atoms with Crippen LogP contribution in [0.1, 0.15) is 39.5 Å². The minimum absolute atomic E-state index is 0.0934. The average molecular weight is 284 g/mol. The van der Waals surface area contributed by atoms with E-state index in [0.717, 1.165) is 45.4 Å². The van der Waals surface area contributed by atoms with Gasteiger partial charge in [0.15, 0.2) is 0 Å². The highest BCUT2D eigenvalue weighted by molar-refractivity contribution is 5.81. The van der Waals surface area contributed by atoms with E-state index in [1.54, 1.807) is 0 Å². The Balaban J connectivity index is 2.00. The van der Waals surface area contributed by atoms with Gasteiger partial charge in [0.2, 0.25) is 0 Å². The maximum Gasteiger partial charge on any atom is 0.326 e. The van der Waals surface area contributed by atoms with Crippen molar-refractivity contribution < 1.29 is 14.3 Å². The van der Waals surface area contributed by atoms with Gasteiger partial charge in [-0.3, -0.25) is 9.69 Å². The van der Waals surface area contributed by atoms with Crippen molar-refractivity contribution in [3.8, 4) is 0 Å². The maximum atomic E-state index is 12.2. The molecule has 1 aliphatic carbocycles. The summed E-state index contributed by atoms with van der Waals surface area (Å²) in [5.41, 5.74) is -0.489. The highest BCUT2D eigenvalue weighted by atomic mass is 16.5. The number of hydrogen-bond acceptors (Lipinski definition) is 5. The Morgan fingerprint density at radius 1 is 1.55 bits per heavy atom. The molecule has 1 saturated heterocycles. The fourth-order valence-corrected chi connectivity index (χ4v) is 3.47. The van der Waals surface area contributed by atoms with E-state index < -0.39 is 5.54 Å². The molecule has 0 aromatic rings. The predicted octanol–water partition coefficient (Wildman–Crippen LogP) is 1.17. The van der Waals surface area contributed by atoms with Crippen LogP contribution < -0.4 is 5.32 Å². The summed E-state index contributed by atoms with van der Waals surface area (Å²) in [6, 6.07) is 0.455. The monoisotopic (exact) mass is 284 g/mol. The molecular formula is C15H28N2O3. The third-order valence-corrected chi connectivity index (χ3v) is 4.63. The van der Waals surface area contributed by atoms with Gasteiger partial charge in [0.25, 0.3) is 0 Å². The summed E-state index contributed by atoms with van der Waals surface area (Å²) in [7, 11) is 1.87. The second-order valence-corrected chi connectivity index (χ2v) is 5.98. The Kier molecular flexibility index (Phi) is 5.41. The zero-order chi connectivity index (χ0) is 14.6. The number of nitrogens with one attached hydrogen (secondary N) is 1. The lowest BCUT2D eigenvalue weighted by molar-refractivity contribution is -0.151. The van der Waals surface area contributed by atoms with E-state index in [0.29, 0.717) is 12.6 Å². The summed E-state index contributed by atoms with van der Waals surface area (Å²) in [6.45, 7) is 7.32. The zero-order valence-electron chi connectivity index (χ0n) is 13.0. The molecule has 0 aromatic heterocycles. The van der Waals surface area contributed by atoms with Gasteiger partial charge in [-0.15, -0.1) is 0 Å². The van der Waals surface area contributed by atoms with Crippen molar-refractivity contribution in [3.05, 3.63) is 0 Å². The molecule has 3 unspecified atom stereocenters. The topological polar surface area (TPSA) is 50.8 Å². The first kappa shape index (κ1) is 15.7. The van der Waals surface area contributed by atoms with Crippen LogP contribution in [0.3, 0.4) is 0 Å². The van der Waals surface area contributed by atoms with Gasteiger partial charge in [0.1, 0.15) is 5.54 Å². The van der Waals surface area contributed by atoms with Crippen LogP contribution in [0.15, 0.2) is 0 Å². The highest BCUT2D eigenvalue weighted by Gasteiger charge is 2.47. The van der Waals surface area contributed by atoms with Gasteiger partial charge in [-0.25, -0.2) is 0 Å². The van der Waals surface area contributed by atoms with Crippen molar-refractivity contribution in [1.82, 2.24) is 10.2 Å². The molecule has 3 atom stereocenters. The predicted molar refractivity (Wildman–Crippen MR) is 77.7 cm³/mol. The maximum absolute atomic E-state index is 12.2. The summed E-state index contributed by atoms with van der Waals surface area (Å²) in [5.74, 6) is -0.0934. The van der Waals surface area contributed by atoms with Crippen LogP contribution in [-0.2, 0) is 14.3 Å². The molecule has 1 heterocycles. The molecule has 2 rings (SSSR count). The number of rotatable bonds is 4. The molecule has 0 spiro atoms. The van der Waals surface area contributed by atoms with Crippen LogP contribution in [0.4, 0.5) is 0 Å².